The van der Waals surface area contributed by atoms with Crippen molar-refractivity contribution in [3.05, 3.63) is 48.3 Å². The number of nitrogens with one attached hydrogen (secondary N) is 1. The van der Waals surface area contributed by atoms with Crippen molar-refractivity contribution in [3.8, 4) is 5.75 Å². The van der Waals surface area contributed by atoms with E-state index in [1.54, 1.807) is 49.6 Å². The summed E-state index contributed by atoms with van der Waals surface area (Å²) < 4.78 is 33.6. The first-order valence-electron chi connectivity index (χ1n) is 8.81. The number of aryl methyl sites for hydroxylation is 1. The van der Waals surface area contributed by atoms with Gasteiger partial charge in [0.2, 0.25) is 15.9 Å². The number of sulfonamides is 1. The summed E-state index contributed by atoms with van der Waals surface area (Å²) in [6.07, 6.45) is 4.63. The molecule has 1 aliphatic rings. The molecule has 0 radical (unpaired) electrons. The quantitative estimate of drug-likeness (QED) is 0.849. The first-order chi connectivity index (χ1) is 12.9. The molecule has 1 fully saturated rings. The van der Waals surface area contributed by atoms with Crippen LogP contribution in [0.4, 0.5) is 5.69 Å². The van der Waals surface area contributed by atoms with Crippen LogP contribution in [0.2, 0.25) is 0 Å². The zero-order valence-corrected chi connectivity index (χ0v) is 16.2. The van der Waals surface area contributed by atoms with Gasteiger partial charge in [-0.3, -0.25) is 9.78 Å². The van der Waals surface area contributed by atoms with Gasteiger partial charge in [0.15, 0.2) is 0 Å². The van der Waals surface area contributed by atoms with Gasteiger partial charge in [-0.25, -0.2) is 8.42 Å². The number of carbonyl (C=O) groups is 1. The topological polar surface area (TPSA) is 88.6 Å². The van der Waals surface area contributed by atoms with Crippen LogP contribution in [-0.2, 0) is 14.8 Å². The second-order valence-electron chi connectivity index (χ2n) is 6.59. The van der Waals surface area contributed by atoms with Crippen molar-refractivity contribution >= 4 is 21.6 Å². The molecule has 0 saturated carbocycles. The van der Waals surface area contributed by atoms with Crippen LogP contribution >= 0.6 is 0 Å². The van der Waals surface area contributed by atoms with E-state index in [2.05, 4.69) is 10.3 Å². The van der Waals surface area contributed by atoms with E-state index in [0.29, 0.717) is 30.1 Å². The summed E-state index contributed by atoms with van der Waals surface area (Å²) in [6, 6.07) is 8.35. The van der Waals surface area contributed by atoms with Crippen molar-refractivity contribution in [1.82, 2.24) is 9.29 Å². The number of piperidine rings is 1. The van der Waals surface area contributed by atoms with Crippen LogP contribution < -0.4 is 10.1 Å². The minimum Gasteiger partial charge on any atom is -0.489 e. The zero-order chi connectivity index (χ0) is 19.4. The number of hydrogen-bond acceptors (Lipinski definition) is 5. The SMILES string of the molecule is CC(=O)Nc1ccc(S(=O)(=O)N2CCCC(Oc3ccncc3)C2)c(C)c1. The molecule has 27 heavy (non-hydrogen) atoms. The highest BCUT2D eigenvalue weighted by Crippen LogP contribution is 2.27. The normalized spacial score (nSPS) is 18.1. The highest BCUT2D eigenvalue weighted by atomic mass is 32.2. The lowest BCUT2D eigenvalue weighted by Gasteiger charge is -2.32. The second kappa shape index (κ2) is 8.06. The number of carbonyl (C=O) groups excluding carboxylic acids is 1. The molecule has 1 aliphatic heterocycles. The van der Waals surface area contributed by atoms with Gasteiger partial charge in [0.25, 0.3) is 0 Å². The average Bonchev–Trinajstić information content (AvgIpc) is 2.62. The molecule has 1 unspecified atom stereocenters. The van der Waals surface area contributed by atoms with Crippen LogP contribution in [0.15, 0.2) is 47.6 Å². The summed E-state index contributed by atoms with van der Waals surface area (Å²) in [5.41, 5.74) is 1.18. The Morgan fingerprint density at radius 2 is 2.00 bits per heavy atom. The van der Waals surface area contributed by atoms with Gasteiger partial charge in [0, 0.05) is 31.5 Å². The molecule has 2 heterocycles. The number of aromatic nitrogens is 1. The maximum atomic E-state index is 13.1. The molecular weight excluding hydrogens is 366 g/mol. The molecule has 7 nitrogen and oxygen atoms in total. The van der Waals surface area contributed by atoms with Crippen molar-refractivity contribution in [2.75, 3.05) is 18.4 Å². The standard InChI is InChI=1S/C19H23N3O4S/c1-14-12-16(21-15(2)23)5-6-19(14)27(24,25)22-11-3-4-18(13-22)26-17-7-9-20-10-8-17/h5-10,12,18H,3-4,11,13H2,1-2H3,(H,21,23). The maximum absolute atomic E-state index is 13.1. The Kier molecular flexibility index (Phi) is 5.76. The lowest BCUT2D eigenvalue weighted by atomic mass is 10.1. The molecule has 1 aromatic heterocycles. The molecule has 1 aromatic carbocycles. The summed E-state index contributed by atoms with van der Waals surface area (Å²) in [5.74, 6) is 0.488. The molecule has 144 valence electrons. The fraction of sp³-hybridized carbons (Fsp3) is 0.368. The minimum atomic E-state index is -3.63. The van der Waals surface area contributed by atoms with Gasteiger partial charge >= 0.3 is 0 Å². The highest BCUT2D eigenvalue weighted by Gasteiger charge is 2.32. The third kappa shape index (κ3) is 4.64. The van der Waals surface area contributed by atoms with Crippen molar-refractivity contribution in [2.45, 2.75) is 37.7 Å². The lowest BCUT2D eigenvalue weighted by Crippen LogP contribution is -2.44. The third-order valence-corrected chi connectivity index (χ3v) is 6.43. The van der Waals surface area contributed by atoms with Gasteiger partial charge in [-0.15, -0.1) is 0 Å². The average molecular weight is 389 g/mol. The van der Waals surface area contributed by atoms with Gasteiger partial charge in [-0.2, -0.15) is 4.31 Å². The summed E-state index contributed by atoms with van der Waals surface area (Å²) >= 11 is 0. The van der Waals surface area contributed by atoms with Gasteiger partial charge in [0.1, 0.15) is 11.9 Å². The van der Waals surface area contributed by atoms with E-state index in [1.807, 2.05) is 0 Å². The summed E-state index contributed by atoms with van der Waals surface area (Å²) in [6.45, 7) is 3.91. The number of hydrogen-bond donors (Lipinski definition) is 1. The number of benzene rings is 1. The van der Waals surface area contributed by atoms with Crippen molar-refractivity contribution in [3.63, 3.8) is 0 Å². The van der Waals surface area contributed by atoms with Gasteiger partial charge in [0.05, 0.1) is 11.4 Å². The van der Waals surface area contributed by atoms with Crippen molar-refractivity contribution in [1.29, 1.82) is 0 Å². The Labute approximate surface area is 159 Å². The van der Waals surface area contributed by atoms with Crippen molar-refractivity contribution < 1.29 is 17.9 Å². The van der Waals surface area contributed by atoms with E-state index in [9.17, 15) is 13.2 Å². The lowest BCUT2D eigenvalue weighted by molar-refractivity contribution is -0.114. The number of rotatable bonds is 5. The first-order valence-corrected chi connectivity index (χ1v) is 10.3. The molecule has 1 saturated heterocycles. The Hall–Kier alpha value is -2.45. The van der Waals surface area contributed by atoms with E-state index < -0.39 is 10.0 Å². The predicted octanol–water partition coefficient (Wildman–Crippen LogP) is 2.58. The summed E-state index contributed by atoms with van der Waals surface area (Å²) in [7, 11) is -3.63. The highest BCUT2D eigenvalue weighted by molar-refractivity contribution is 7.89. The Morgan fingerprint density at radius 3 is 2.67 bits per heavy atom. The van der Waals surface area contributed by atoms with Crippen LogP contribution in [-0.4, -0.2) is 42.8 Å². The number of nitrogens with zero attached hydrogens (tertiary/aromatic N) is 2. The van der Waals surface area contributed by atoms with E-state index in [0.717, 1.165) is 12.8 Å². The van der Waals surface area contributed by atoms with E-state index >= 15 is 0 Å². The van der Waals surface area contributed by atoms with E-state index in [1.165, 1.54) is 11.2 Å². The first kappa shape index (κ1) is 19.3. The van der Waals surface area contributed by atoms with Gasteiger partial charge < -0.3 is 10.1 Å². The monoisotopic (exact) mass is 389 g/mol. The van der Waals surface area contributed by atoms with E-state index in [4.69, 9.17) is 4.74 Å². The molecule has 0 bridgehead atoms. The number of anilines is 1. The zero-order valence-electron chi connectivity index (χ0n) is 15.4. The summed E-state index contributed by atoms with van der Waals surface area (Å²) in [5, 5.41) is 2.67. The fourth-order valence-corrected chi connectivity index (χ4v) is 4.90. The molecule has 0 spiro atoms. The van der Waals surface area contributed by atoms with Crippen LogP contribution in [0.3, 0.4) is 0 Å². The van der Waals surface area contributed by atoms with Crippen LogP contribution in [0.25, 0.3) is 0 Å². The molecule has 3 rings (SSSR count). The Bertz CT molecular complexity index is 916. The fourth-order valence-electron chi connectivity index (χ4n) is 3.19. The molecule has 1 amide bonds. The number of ether oxygens (including phenoxy) is 1. The van der Waals surface area contributed by atoms with Crippen LogP contribution in [0.1, 0.15) is 25.3 Å². The van der Waals surface area contributed by atoms with Crippen molar-refractivity contribution in [2.24, 2.45) is 0 Å². The molecule has 1 N–H and O–H groups in total. The minimum absolute atomic E-state index is 0.197. The molecular formula is C19H23N3O4S. The van der Waals surface area contributed by atoms with E-state index in [-0.39, 0.29) is 16.9 Å². The predicted molar refractivity (Wildman–Crippen MR) is 102 cm³/mol. The number of pyridine rings is 1. The smallest absolute Gasteiger partial charge is 0.243 e. The van der Waals surface area contributed by atoms with Crippen LogP contribution in [0, 0.1) is 6.92 Å². The Morgan fingerprint density at radius 1 is 1.26 bits per heavy atom. The van der Waals surface area contributed by atoms with Crippen LogP contribution in [0.5, 0.6) is 5.75 Å². The molecule has 1 atom stereocenters. The van der Waals surface area contributed by atoms with Gasteiger partial charge in [-0.05, 0) is 55.7 Å². The molecule has 2 aromatic rings. The third-order valence-electron chi connectivity index (χ3n) is 4.41. The second-order valence-corrected chi connectivity index (χ2v) is 8.50. The number of amides is 1. The molecule has 8 heteroatoms. The summed E-state index contributed by atoms with van der Waals surface area (Å²) in [4.78, 5) is 15.4. The largest absolute Gasteiger partial charge is 0.489 e. The van der Waals surface area contributed by atoms with Gasteiger partial charge in [-0.1, -0.05) is 0 Å². The maximum Gasteiger partial charge on any atom is 0.243 e. The Balaban J connectivity index is 1.77. The molecule has 0 aliphatic carbocycles.